The van der Waals surface area contributed by atoms with Crippen LogP contribution in [-0.2, 0) is 22.9 Å². The van der Waals surface area contributed by atoms with E-state index in [-0.39, 0.29) is 24.5 Å². The van der Waals surface area contributed by atoms with Crippen molar-refractivity contribution in [2.24, 2.45) is 5.41 Å². The first-order valence-corrected chi connectivity index (χ1v) is 12.5. The monoisotopic (exact) mass is 478 g/mol. The molecular formula is C20H27N6O6P. The predicted octanol–water partition coefficient (Wildman–Crippen LogP) is 3.11. The summed E-state index contributed by atoms with van der Waals surface area (Å²) in [7, 11) is -3.87. The van der Waals surface area contributed by atoms with Crippen molar-refractivity contribution in [1.29, 1.82) is 5.26 Å². The molecule has 13 heteroatoms. The van der Waals surface area contributed by atoms with Gasteiger partial charge in [0.2, 0.25) is 11.8 Å². The van der Waals surface area contributed by atoms with Crippen LogP contribution in [0, 0.1) is 16.7 Å². The Kier molecular flexibility index (Phi) is 5.38. The first-order chi connectivity index (χ1) is 15.7. The summed E-state index contributed by atoms with van der Waals surface area (Å²) in [4.78, 5) is 12.8. The number of anilines is 1. The Bertz CT molecular complexity index is 1160. The van der Waals surface area contributed by atoms with Crippen molar-refractivity contribution in [2.75, 3.05) is 18.9 Å². The van der Waals surface area contributed by atoms with E-state index in [1.807, 2.05) is 6.92 Å². The lowest BCUT2D eigenvalue weighted by molar-refractivity contribution is -0.137. The third kappa shape index (κ3) is 3.59. The molecule has 5 rings (SSSR count). The topological polar surface area (TPSA) is 157 Å². The molecule has 1 aliphatic carbocycles. The minimum absolute atomic E-state index is 0.00188. The Labute approximate surface area is 190 Å². The molecular weight excluding hydrogens is 451 g/mol. The van der Waals surface area contributed by atoms with Gasteiger partial charge in [0.05, 0.1) is 31.7 Å². The summed E-state index contributed by atoms with van der Waals surface area (Å²) in [6.45, 7) is 5.60. The van der Waals surface area contributed by atoms with Gasteiger partial charge in [-0.3, -0.25) is 18.1 Å². The lowest BCUT2D eigenvalue weighted by Crippen LogP contribution is -2.50. The Morgan fingerprint density at radius 3 is 2.82 bits per heavy atom. The summed E-state index contributed by atoms with van der Waals surface area (Å²) < 4.78 is 44.1. The summed E-state index contributed by atoms with van der Waals surface area (Å²) in [5.41, 5.74) is 4.31. The Balaban J connectivity index is 1.52. The predicted molar refractivity (Wildman–Crippen MR) is 115 cm³/mol. The number of imidazole rings is 1. The number of hydrogen-bond acceptors (Lipinski definition) is 11. The van der Waals surface area contributed by atoms with E-state index in [1.165, 1.54) is 6.33 Å². The number of ether oxygens (including phenoxy) is 2. The molecule has 0 radical (unpaired) electrons. The van der Waals surface area contributed by atoms with Crippen LogP contribution >= 0.6 is 7.82 Å². The Hall–Kier alpha value is -2.29. The van der Waals surface area contributed by atoms with E-state index >= 15 is 0 Å². The lowest BCUT2D eigenvalue weighted by atomic mass is 9.79. The molecule has 0 amide bonds. The molecule has 2 aromatic heterocycles. The van der Waals surface area contributed by atoms with E-state index < -0.39 is 31.2 Å². The molecule has 178 valence electrons. The van der Waals surface area contributed by atoms with Crippen LogP contribution < -0.4 is 10.5 Å². The summed E-state index contributed by atoms with van der Waals surface area (Å²) in [5.74, 6) is 0.245. The molecule has 0 aromatic carbocycles. The molecule has 4 heterocycles. The van der Waals surface area contributed by atoms with Crippen LogP contribution in [0.3, 0.4) is 0 Å². The second-order valence-corrected chi connectivity index (χ2v) is 10.6. The minimum Gasteiger partial charge on any atom is -0.476 e. The maximum atomic E-state index is 13.3. The van der Waals surface area contributed by atoms with E-state index in [4.69, 9.17) is 28.8 Å². The summed E-state index contributed by atoms with van der Waals surface area (Å²) in [6.07, 6.45) is 3.18. The van der Waals surface area contributed by atoms with Gasteiger partial charge in [-0.1, -0.05) is 12.8 Å². The molecule has 5 atom stereocenters. The zero-order valence-electron chi connectivity index (χ0n) is 18.8. The van der Waals surface area contributed by atoms with E-state index in [9.17, 15) is 9.83 Å². The number of hydrogen-bond donors (Lipinski definition) is 1. The Morgan fingerprint density at radius 2 is 2.12 bits per heavy atom. The van der Waals surface area contributed by atoms with Gasteiger partial charge in [-0.2, -0.15) is 15.2 Å². The highest BCUT2D eigenvalue weighted by Gasteiger charge is 2.67. The van der Waals surface area contributed by atoms with Crippen LogP contribution in [-0.4, -0.2) is 50.5 Å². The number of nitriles is 1. The van der Waals surface area contributed by atoms with Crippen molar-refractivity contribution in [1.82, 2.24) is 19.5 Å². The highest BCUT2D eigenvalue weighted by Crippen LogP contribution is 2.65. The minimum atomic E-state index is -3.87. The molecule has 12 nitrogen and oxygen atoms in total. The van der Waals surface area contributed by atoms with Gasteiger partial charge in [0.25, 0.3) is 0 Å². The summed E-state index contributed by atoms with van der Waals surface area (Å²) >= 11 is 0. The number of nitrogens with two attached hydrogens (primary N) is 1. The second-order valence-electron chi connectivity index (χ2n) is 9.04. The van der Waals surface area contributed by atoms with Crippen molar-refractivity contribution in [3.63, 3.8) is 0 Å². The fourth-order valence-corrected chi connectivity index (χ4v) is 6.77. The number of aromatic nitrogens is 4. The largest absolute Gasteiger partial charge is 0.476 e. The molecule has 2 aromatic rings. The highest BCUT2D eigenvalue weighted by atomic mass is 31.2. The lowest BCUT2D eigenvalue weighted by Gasteiger charge is -2.40. The number of nitrogen functional groups attached to an aromatic ring is 1. The van der Waals surface area contributed by atoms with Crippen molar-refractivity contribution >= 4 is 24.9 Å². The number of phosphoric ester groups is 1. The zero-order chi connectivity index (χ0) is 23.4. The molecule has 0 spiro atoms. The first-order valence-electron chi connectivity index (χ1n) is 11.0. The smallest absolute Gasteiger partial charge is 0.475 e. The standard InChI is InChI=1S/C20H27N6O6P/c1-4-28-15-13-14(24-18(22)25-15)26(11-23-13)17-19(2,9-21)16-20(3,30-17)10-29-33(27,32-16)31-12-7-5-6-8-12/h11-12,16-17H,4-8,10H2,1-3H3,(H2,22,24,25)/t16-,17+,19+,20+,33?/m0/s1. The third-order valence-electron chi connectivity index (χ3n) is 6.50. The van der Waals surface area contributed by atoms with Crippen molar-refractivity contribution in [2.45, 2.75) is 70.5 Å². The van der Waals surface area contributed by atoms with Gasteiger partial charge in [0, 0.05) is 0 Å². The number of fused-ring (bicyclic) bond motifs is 2. The van der Waals surface area contributed by atoms with E-state index in [1.54, 1.807) is 18.4 Å². The van der Waals surface area contributed by atoms with E-state index in [2.05, 4.69) is 21.0 Å². The molecule has 1 saturated carbocycles. The van der Waals surface area contributed by atoms with E-state index in [0.717, 1.165) is 25.7 Å². The normalized spacial score (nSPS) is 36.7. The van der Waals surface area contributed by atoms with E-state index in [0.29, 0.717) is 17.8 Å². The van der Waals surface area contributed by atoms with Gasteiger partial charge >= 0.3 is 7.82 Å². The number of rotatable bonds is 5. The van der Waals surface area contributed by atoms with Gasteiger partial charge in [0.15, 0.2) is 17.4 Å². The van der Waals surface area contributed by atoms with Crippen molar-refractivity contribution < 1.29 is 27.6 Å². The fraction of sp³-hybridized carbons (Fsp3) is 0.700. The van der Waals surface area contributed by atoms with Crippen LogP contribution in [0.15, 0.2) is 6.33 Å². The quantitative estimate of drug-likeness (QED) is 0.630. The van der Waals surface area contributed by atoms with Crippen LogP contribution in [0.1, 0.15) is 52.7 Å². The van der Waals surface area contributed by atoms with Crippen LogP contribution in [0.5, 0.6) is 5.88 Å². The zero-order valence-corrected chi connectivity index (χ0v) is 19.7. The highest BCUT2D eigenvalue weighted by molar-refractivity contribution is 7.48. The molecule has 1 unspecified atom stereocenters. The van der Waals surface area contributed by atoms with Gasteiger partial charge in [-0.25, -0.2) is 9.55 Å². The van der Waals surface area contributed by atoms with Gasteiger partial charge in [-0.05, 0) is 33.6 Å². The maximum absolute atomic E-state index is 13.3. The first kappa shape index (κ1) is 22.5. The molecule has 33 heavy (non-hydrogen) atoms. The second kappa shape index (κ2) is 7.89. The van der Waals surface area contributed by atoms with Crippen molar-refractivity contribution in [3.05, 3.63) is 6.33 Å². The van der Waals surface area contributed by atoms with Crippen LogP contribution in [0.2, 0.25) is 0 Å². The molecule has 3 aliphatic rings. The molecule has 0 bridgehead atoms. The average molecular weight is 478 g/mol. The Morgan fingerprint density at radius 1 is 1.36 bits per heavy atom. The maximum Gasteiger partial charge on any atom is 0.475 e. The average Bonchev–Trinajstić information content (AvgIpc) is 3.48. The number of nitrogens with zero attached hydrogens (tertiary/aromatic N) is 5. The molecule has 2 saturated heterocycles. The van der Waals surface area contributed by atoms with Gasteiger partial charge in [-0.15, -0.1) is 0 Å². The van der Waals surface area contributed by atoms with Crippen LogP contribution in [0.4, 0.5) is 5.95 Å². The fourth-order valence-electron chi connectivity index (χ4n) is 4.91. The molecule has 3 fully saturated rings. The molecule has 2 N–H and O–H groups in total. The van der Waals surface area contributed by atoms with Gasteiger partial charge in [0.1, 0.15) is 17.1 Å². The molecule has 2 aliphatic heterocycles. The van der Waals surface area contributed by atoms with Gasteiger partial charge < -0.3 is 15.2 Å². The van der Waals surface area contributed by atoms with Crippen molar-refractivity contribution in [3.8, 4) is 11.9 Å². The van der Waals surface area contributed by atoms with Crippen LogP contribution in [0.25, 0.3) is 11.2 Å². The summed E-state index contributed by atoms with van der Waals surface area (Å²) in [5, 5.41) is 10.3. The SMILES string of the molecule is CCOc1nc(N)nc2c1ncn2[C@@H]1O[C@]2(C)COP(=O)(OC3CCCC3)O[C@H]2[C@@]1(C)C#N. The summed E-state index contributed by atoms with van der Waals surface area (Å²) in [6, 6.07) is 2.32. The third-order valence-corrected chi connectivity index (χ3v) is 7.97. The number of phosphoric acid groups is 1.